The predicted octanol–water partition coefficient (Wildman–Crippen LogP) is 13.2. The first-order valence-corrected chi connectivity index (χ1v) is 19.8. The van der Waals surface area contributed by atoms with Crippen molar-refractivity contribution in [2.75, 3.05) is 0 Å². The predicted molar refractivity (Wildman–Crippen MR) is 235 cm³/mol. The Bertz CT molecular complexity index is 2890. The number of rotatable bonds is 6. The Morgan fingerprint density at radius 3 is 1.86 bits per heavy atom. The van der Waals surface area contributed by atoms with Crippen molar-refractivity contribution >= 4 is 22.3 Å². The van der Waals surface area contributed by atoms with Gasteiger partial charge in [0.2, 0.25) is 0 Å². The molecule has 0 fully saturated rings. The fraction of sp³-hybridized carbons (Fsp3) is 0.111. The van der Waals surface area contributed by atoms with Crippen molar-refractivity contribution in [2.24, 2.45) is 9.98 Å². The maximum absolute atomic E-state index is 5.38. The number of nitrogens with zero attached hydrogens (tertiary/aromatic N) is 2. The number of aryl methyl sites for hydroxylation is 2. The zero-order valence-corrected chi connectivity index (χ0v) is 32.1. The molecule has 56 heavy (non-hydrogen) atoms. The van der Waals surface area contributed by atoms with E-state index >= 15 is 0 Å². The van der Waals surface area contributed by atoms with Gasteiger partial charge in [-0.3, -0.25) is 4.99 Å². The van der Waals surface area contributed by atoms with Gasteiger partial charge >= 0.3 is 0 Å². The summed E-state index contributed by atoms with van der Waals surface area (Å²) in [6, 6.07) is 64.5. The molecule has 8 aromatic carbocycles. The van der Waals surface area contributed by atoms with Crippen molar-refractivity contribution in [2.45, 2.75) is 39.2 Å². The molecule has 10 rings (SSSR count). The molecule has 0 bridgehead atoms. The lowest BCUT2D eigenvalue weighted by atomic mass is 9.61. The van der Waals surface area contributed by atoms with Crippen molar-refractivity contribution in [3.05, 3.63) is 226 Å². The summed E-state index contributed by atoms with van der Waals surface area (Å²) in [5.41, 5.74) is 19.3. The highest BCUT2D eigenvalue weighted by atomic mass is 14.9. The van der Waals surface area contributed by atoms with Gasteiger partial charge in [0, 0.05) is 11.3 Å². The molecular weight excluding hydrogens is 677 g/mol. The highest BCUT2D eigenvalue weighted by Crippen LogP contribution is 2.61. The van der Waals surface area contributed by atoms with Gasteiger partial charge in [0.25, 0.3) is 0 Å². The number of fused-ring (bicyclic) bond motifs is 9. The molecule has 2 aliphatic rings. The summed E-state index contributed by atoms with van der Waals surface area (Å²) in [5.74, 6) is 0.740. The van der Waals surface area contributed by atoms with E-state index in [1.54, 1.807) is 0 Å². The standard InChI is InChI=1S/C54H42N2/c1-4-38-32-37(28-30-43(38)42-21-9-8-16-35(42)2)34-55-53(56-36(3)39-17-6-5-7-18-39)41-29-31-46-44-22-10-12-25-48(44)54(51(46)33-41)49-26-13-11-23-45(49)47-24-14-19-40-20-15-27-50(54)52(40)47/h5-33H,4,34H2,1-3H3/b55-53-,56-36+. The second-order valence-electron chi connectivity index (χ2n) is 15.2. The molecule has 1 spiro atoms. The fourth-order valence-corrected chi connectivity index (χ4v) is 9.50. The van der Waals surface area contributed by atoms with E-state index in [1.807, 2.05) is 0 Å². The van der Waals surface area contributed by atoms with Gasteiger partial charge in [-0.1, -0.05) is 177 Å². The monoisotopic (exact) mass is 718 g/mol. The molecule has 0 aromatic heterocycles. The second kappa shape index (κ2) is 13.6. The molecule has 0 heterocycles. The van der Waals surface area contributed by atoms with Crippen LogP contribution in [0.3, 0.4) is 0 Å². The van der Waals surface area contributed by atoms with E-state index in [4.69, 9.17) is 9.98 Å². The van der Waals surface area contributed by atoms with Crippen LogP contribution in [0.2, 0.25) is 0 Å². The van der Waals surface area contributed by atoms with E-state index in [-0.39, 0.29) is 0 Å². The number of aliphatic imine (C=N–C) groups is 2. The van der Waals surface area contributed by atoms with Crippen LogP contribution in [0.5, 0.6) is 0 Å². The van der Waals surface area contributed by atoms with Crippen LogP contribution in [-0.2, 0) is 18.4 Å². The quantitative estimate of drug-likeness (QED) is 0.121. The topological polar surface area (TPSA) is 24.7 Å². The lowest BCUT2D eigenvalue weighted by molar-refractivity contribution is 0.773. The Morgan fingerprint density at radius 2 is 1.11 bits per heavy atom. The third-order valence-corrected chi connectivity index (χ3v) is 12.1. The van der Waals surface area contributed by atoms with Gasteiger partial charge in [0.15, 0.2) is 5.84 Å². The number of hydrogen-bond acceptors (Lipinski definition) is 1. The van der Waals surface area contributed by atoms with E-state index in [1.165, 1.54) is 83.1 Å². The Labute approximate surface area is 329 Å². The first-order valence-electron chi connectivity index (χ1n) is 19.8. The number of amidine groups is 1. The largest absolute Gasteiger partial charge is 0.261 e. The molecule has 0 N–H and O–H groups in total. The van der Waals surface area contributed by atoms with Crippen LogP contribution in [0.1, 0.15) is 63.9 Å². The van der Waals surface area contributed by atoms with E-state index in [9.17, 15) is 0 Å². The Kier molecular flexibility index (Phi) is 8.22. The van der Waals surface area contributed by atoms with Gasteiger partial charge in [-0.2, -0.15) is 0 Å². The summed E-state index contributed by atoms with van der Waals surface area (Å²) < 4.78 is 0. The Balaban J connectivity index is 1.18. The molecule has 2 nitrogen and oxygen atoms in total. The van der Waals surface area contributed by atoms with Crippen LogP contribution in [0.15, 0.2) is 186 Å². The molecule has 1 unspecified atom stereocenters. The zero-order chi connectivity index (χ0) is 37.8. The molecular formula is C54H42N2. The van der Waals surface area contributed by atoms with Gasteiger partial charge in [0.05, 0.1) is 12.0 Å². The average molecular weight is 719 g/mol. The smallest absolute Gasteiger partial charge is 0.155 e. The minimum atomic E-state index is -0.503. The normalized spacial score (nSPS) is 15.5. The van der Waals surface area contributed by atoms with Gasteiger partial charge in [0.1, 0.15) is 0 Å². The summed E-state index contributed by atoms with van der Waals surface area (Å²) in [7, 11) is 0. The molecule has 268 valence electrons. The SMILES string of the molecule is CCc1cc(C/N=C(\N=C(/C)c2ccccc2)c2ccc3c(c2)C2(c4ccccc4-3)c3ccccc3-c3cccc4cccc2c34)ccc1-c1ccccc1C. The van der Waals surface area contributed by atoms with E-state index in [0.717, 1.165) is 29.1 Å². The lowest BCUT2D eigenvalue weighted by Gasteiger charge is -2.40. The minimum Gasteiger partial charge on any atom is -0.261 e. The van der Waals surface area contributed by atoms with E-state index < -0.39 is 5.41 Å². The summed E-state index contributed by atoms with van der Waals surface area (Å²) in [6.45, 7) is 7.05. The first kappa shape index (κ1) is 33.9. The number of hydrogen-bond donors (Lipinski definition) is 0. The molecule has 2 heteroatoms. The Morgan fingerprint density at radius 1 is 0.500 bits per heavy atom. The van der Waals surface area contributed by atoms with Crippen molar-refractivity contribution in [3.63, 3.8) is 0 Å². The third-order valence-electron chi connectivity index (χ3n) is 12.1. The summed E-state index contributed by atoms with van der Waals surface area (Å²) in [6.07, 6.45) is 0.949. The maximum Gasteiger partial charge on any atom is 0.155 e. The molecule has 8 aromatic rings. The summed E-state index contributed by atoms with van der Waals surface area (Å²) in [5, 5.41) is 2.59. The third kappa shape index (κ3) is 5.24. The van der Waals surface area contributed by atoms with Crippen molar-refractivity contribution < 1.29 is 0 Å². The van der Waals surface area contributed by atoms with Gasteiger partial charge in [-0.15, -0.1) is 0 Å². The summed E-state index contributed by atoms with van der Waals surface area (Å²) >= 11 is 0. The van der Waals surface area contributed by atoms with Crippen LogP contribution >= 0.6 is 0 Å². The van der Waals surface area contributed by atoms with Gasteiger partial charge in [-0.25, -0.2) is 4.99 Å². The van der Waals surface area contributed by atoms with Crippen molar-refractivity contribution in [1.82, 2.24) is 0 Å². The zero-order valence-electron chi connectivity index (χ0n) is 32.1. The van der Waals surface area contributed by atoms with Crippen LogP contribution in [-0.4, -0.2) is 11.5 Å². The molecule has 2 aliphatic carbocycles. The van der Waals surface area contributed by atoms with Crippen LogP contribution in [0.4, 0.5) is 0 Å². The van der Waals surface area contributed by atoms with Crippen molar-refractivity contribution in [3.8, 4) is 33.4 Å². The molecule has 0 saturated carbocycles. The Hall–Kier alpha value is -6.64. The highest BCUT2D eigenvalue weighted by Gasteiger charge is 2.50. The maximum atomic E-state index is 5.38. The second-order valence-corrected chi connectivity index (χ2v) is 15.2. The molecule has 0 aliphatic heterocycles. The van der Waals surface area contributed by atoms with Crippen molar-refractivity contribution in [1.29, 1.82) is 0 Å². The molecule has 0 saturated heterocycles. The van der Waals surface area contributed by atoms with E-state index in [2.05, 4.69) is 197 Å². The minimum absolute atomic E-state index is 0.503. The van der Waals surface area contributed by atoms with Gasteiger partial charge < -0.3 is 0 Å². The lowest BCUT2D eigenvalue weighted by Crippen LogP contribution is -2.32. The van der Waals surface area contributed by atoms with Crippen LogP contribution in [0, 0.1) is 6.92 Å². The molecule has 0 radical (unpaired) electrons. The number of benzene rings is 8. The van der Waals surface area contributed by atoms with E-state index in [0.29, 0.717) is 6.54 Å². The van der Waals surface area contributed by atoms with Crippen LogP contribution < -0.4 is 0 Å². The van der Waals surface area contributed by atoms with Crippen LogP contribution in [0.25, 0.3) is 44.2 Å². The average Bonchev–Trinajstić information content (AvgIpc) is 3.54. The van der Waals surface area contributed by atoms with Gasteiger partial charge in [-0.05, 0) is 115 Å². The molecule has 1 atom stereocenters. The fourth-order valence-electron chi connectivity index (χ4n) is 9.50. The summed E-state index contributed by atoms with van der Waals surface area (Å²) in [4.78, 5) is 10.7. The first-order chi connectivity index (χ1) is 27.6. The molecule has 0 amide bonds. The highest BCUT2D eigenvalue weighted by molar-refractivity contribution is 6.12.